The first-order valence-corrected chi connectivity index (χ1v) is 5.09. The monoisotopic (exact) mass is 231 g/mol. The van der Waals surface area contributed by atoms with Crippen molar-refractivity contribution in [1.29, 1.82) is 0 Å². The third-order valence-electron chi connectivity index (χ3n) is 1.29. The van der Waals surface area contributed by atoms with Crippen LogP contribution in [0.2, 0.25) is 5.02 Å². The molecule has 0 radical (unpaired) electrons. The third kappa shape index (κ3) is 19.4. The highest BCUT2D eigenvalue weighted by molar-refractivity contribution is 6.30. The first-order chi connectivity index (χ1) is 7.22. The van der Waals surface area contributed by atoms with E-state index in [9.17, 15) is 0 Å². The molecular formula is C11H18ClNO2. The van der Waals surface area contributed by atoms with E-state index in [1.54, 1.807) is 0 Å². The van der Waals surface area contributed by atoms with Crippen LogP contribution < -0.4 is 5.73 Å². The minimum atomic E-state index is -0.250. The quantitative estimate of drug-likeness (QED) is 0.770. The Hall–Kier alpha value is -1.06. The average Bonchev–Trinajstić information content (AvgIpc) is 2.22. The van der Waals surface area contributed by atoms with E-state index >= 15 is 0 Å². The normalized spacial score (nSPS) is 7.67. The summed E-state index contributed by atoms with van der Waals surface area (Å²) >= 11 is 5.54. The molecule has 0 fully saturated rings. The topological polar surface area (TPSA) is 63.3 Å². The molecular weight excluding hydrogens is 214 g/mol. The molecule has 3 nitrogen and oxygen atoms in total. The Bertz CT molecular complexity index is 215. The van der Waals surface area contributed by atoms with Crippen molar-refractivity contribution in [3.8, 4) is 0 Å². The third-order valence-corrected chi connectivity index (χ3v) is 1.54. The summed E-state index contributed by atoms with van der Waals surface area (Å²) in [5.74, 6) is 0. The fraction of sp³-hybridized carbons (Fsp3) is 0.364. The van der Waals surface area contributed by atoms with Crippen molar-refractivity contribution in [3.63, 3.8) is 0 Å². The molecule has 4 heteroatoms. The second kappa shape index (κ2) is 15.4. The van der Waals surface area contributed by atoms with Crippen LogP contribution in [0.25, 0.3) is 0 Å². The predicted molar refractivity (Wildman–Crippen MR) is 64.1 cm³/mol. The molecule has 0 aromatic heterocycles. The van der Waals surface area contributed by atoms with Gasteiger partial charge in [0.2, 0.25) is 0 Å². The Balaban J connectivity index is 0. The van der Waals surface area contributed by atoms with Crippen molar-refractivity contribution in [1.82, 2.24) is 0 Å². The van der Waals surface area contributed by atoms with Gasteiger partial charge >= 0.3 is 0 Å². The van der Waals surface area contributed by atoms with Gasteiger partial charge in [-0.05, 0) is 25.1 Å². The summed E-state index contributed by atoms with van der Waals surface area (Å²) in [6.07, 6.45) is 2.39. The Labute approximate surface area is 95.9 Å². The van der Waals surface area contributed by atoms with Gasteiger partial charge in [-0.3, -0.25) is 4.79 Å². The number of hydrogen-bond donors (Lipinski definition) is 2. The van der Waals surface area contributed by atoms with Crippen LogP contribution >= 0.6 is 11.6 Å². The summed E-state index contributed by atoms with van der Waals surface area (Å²) < 4.78 is 0. The summed E-state index contributed by atoms with van der Waals surface area (Å²) in [5.41, 5.74) is 5.14. The van der Waals surface area contributed by atoms with E-state index in [4.69, 9.17) is 27.2 Å². The summed E-state index contributed by atoms with van der Waals surface area (Å²) in [6, 6.07) is 9.44. The molecule has 0 spiro atoms. The summed E-state index contributed by atoms with van der Waals surface area (Å²) in [6.45, 7) is 2.73. The van der Waals surface area contributed by atoms with Gasteiger partial charge in [0.15, 0.2) is 0 Å². The first kappa shape index (κ1) is 16.4. The summed E-state index contributed by atoms with van der Waals surface area (Å²) in [5, 5.41) is 7.68. The molecule has 15 heavy (non-hydrogen) atoms. The molecule has 3 N–H and O–H groups in total. The Morgan fingerprint density at radius 2 is 1.87 bits per heavy atom. The van der Waals surface area contributed by atoms with Gasteiger partial charge in [0.05, 0.1) is 0 Å². The van der Waals surface area contributed by atoms with Crippen molar-refractivity contribution in [3.05, 3.63) is 35.4 Å². The maximum Gasteiger partial charge on any atom is 0.290 e. The largest absolute Gasteiger partial charge is 0.483 e. The maximum absolute atomic E-state index is 8.36. The van der Waals surface area contributed by atoms with E-state index in [0.29, 0.717) is 0 Å². The highest BCUT2D eigenvalue weighted by Crippen LogP contribution is 2.03. The lowest BCUT2D eigenvalue weighted by molar-refractivity contribution is -0.122. The van der Waals surface area contributed by atoms with Crippen LogP contribution in [0.3, 0.4) is 0 Å². The fourth-order valence-electron chi connectivity index (χ4n) is 0.619. The number of unbranched alkanes of at least 4 members (excludes halogenated alkanes) is 1. The summed E-state index contributed by atoms with van der Waals surface area (Å²) in [7, 11) is 0. The number of benzene rings is 1. The molecule has 0 aliphatic heterocycles. The van der Waals surface area contributed by atoms with Crippen molar-refractivity contribution >= 4 is 18.1 Å². The Morgan fingerprint density at radius 3 is 2.00 bits per heavy atom. The van der Waals surface area contributed by atoms with Gasteiger partial charge in [-0.25, -0.2) is 0 Å². The average molecular weight is 232 g/mol. The highest BCUT2D eigenvalue weighted by Gasteiger charge is 1.74. The van der Waals surface area contributed by atoms with Gasteiger partial charge in [-0.2, -0.15) is 0 Å². The van der Waals surface area contributed by atoms with Crippen LogP contribution in [0.5, 0.6) is 0 Å². The predicted octanol–water partition coefficient (Wildman–Crippen LogP) is 2.79. The molecule has 0 heterocycles. The highest BCUT2D eigenvalue weighted by atomic mass is 35.5. The molecule has 86 valence electrons. The van der Waals surface area contributed by atoms with Gasteiger partial charge in [0.1, 0.15) is 0 Å². The zero-order valence-corrected chi connectivity index (χ0v) is 9.65. The van der Waals surface area contributed by atoms with Crippen LogP contribution in [-0.2, 0) is 4.79 Å². The number of nitrogens with two attached hydrogens (primary N) is 1. The molecule has 0 saturated carbocycles. The lowest BCUT2D eigenvalue weighted by atomic mass is 10.3. The zero-order valence-electron chi connectivity index (χ0n) is 8.90. The lowest BCUT2D eigenvalue weighted by Gasteiger charge is -1.80. The molecule has 1 aromatic carbocycles. The van der Waals surface area contributed by atoms with Gasteiger partial charge in [0, 0.05) is 5.02 Å². The van der Waals surface area contributed by atoms with Crippen molar-refractivity contribution in [2.45, 2.75) is 19.8 Å². The van der Waals surface area contributed by atoms with Gasteiger partial charge in [-0.15, -0.1) is 0 Å². The molecule has 0 atom stereocenters. The molecule has 0 saturated heterocycles. The van der Waals surface area contributed by atoms with Crippen LogP contribution in [0.1, 0.15) is 19.8 Å². The minimum absolute atomic E-state index is 0.250. The van der Waals surface area contributed by atoms with E-state index in [1.165, 1.54) is 12.8 Å². The molecule has 0 bridgehead atoms. The molecule has 1 rings (SSSR count). The SMILES string of the molecule is CCCCN.Clc1ccccc1.O=CO. The number of rotatable bonds is 2. The second-order valence-electron chi connectivity index (χ2n) is 2.54. The van der Waals surface area contributed by atoms with Crippen molar-refractivity contribution in [2.75, 3.05) is 6.54 Å². The van der Waals surface area contributed by atoms with E-state index in [1.807, 2.05) is 30.3 Å². The van der Waals surface area contributed by atoms with Crippen LogP contribution in [0.4, 0.5) is 0 Å². The minimum Gasteiger partial charge on any atom is -0.483 e. The van der Waals surface area contributed by atoms with E-state index in [2.05, 4.69) is 6.92 Å². The molecule has 0 aliphatic rings. The Kier molecular flexibility index (Phi) is 16.8. The first-order valence-electron chi connectivity index (χ1n) is 4.71. The van der Waals surface area contributed by atoms with Crippen LogP contribution in [0, 0.1) is 0 Å². The lowest BCUT2D eigenvalue weighted by Crippen LogP contribution is -1.95. The second-order valence-corrected chi connectivity index (χ2v) is 2.98. The Morgan fingerprint density at radius 1 is 1.40 bits per heavy atom. The number of carbonyl (C=O) groups is 1. The fourth-order valence-corrected chi connectivity index (χ4v) is 0.764. The van der Waals surface area contributed by atoms with E-state index < -0.39 is 0 Å². The van der Waals surface area contributed by atoms with Crippen molar-refractivity contribution < 1.29 is 9.90 Å². The van der Waals surface area contributed by atoms with Gasteiger partial charge in [0.25, 0.3) is 6.47 Å². The standard InChI is InChI=1S/C6H5Cl.C4H11N.CH2O2/c7-6-4-2-1-3-5-6;1-2-3-4-5;2-1-3/h1-5H;2-5H2,1H3;1H,(H,2,3). The number of halogens is 1. The number of carboxylic acid groups (broad SMARTS) is 1. The van der Waals surface area contributed by atoms with Gasteiger partial charge in [-0.1, -0.05) is 43.1 Å². The maximum atomic E-state index is 8.36. The van der Waals surface area contributed by atoms with E-state index in [-0.39, 0.29) is 6.47 Å². The van der Waals surface area contributed by atoms with Crippen molar-refractivity contribution in [2.24, 2.45) is 5.73 Å². The summed E-state index contributed by atoms with van der Waals surface area (Å²) in [4.78, 5) is 8.36. The number of hydrogen-bond acceptors (Lipinski definition) is 2. The molecule has 0 amide bonds. The zero-order chi connectivity index (χ0) is 11.9. The molecule has 0 aliphatic carbocycles. The van der Waals surface area contributed by atoms with Crippen LogP contribution in [0.15, 0.2) is 30.3 Å². The molecule has 0 unspecified atom stereocenters. The van der Waals surface area contributed by atoms with Gasteiger partial charge < -0.3 is 10.8 Å². The van der Waals surface area contributed by atoms with E-state index in [0.717, 1.165) is 11.6 Å². The molecule has 1 aromatic rings. The smallest absolute Gasteiger partial charge is 0.290 e. The van der Waals surface area contributed by atoms with Crippen LogP contribution in [-0.4, -0.2) is 18.1 Å².